The van der Waals surface area contributed by atoms with Crippen molar-refractivity contribution in [2.45, 2.75) is 13.5 Å². The lowest BCUT2D eigenvalue weighted by atomic mass is 10.3. The van der Waals surface area contributed by atoms with E-state index in [1.807, 2.05) is 25.1 Å². The quantitative estimate of drug-likeness (QED) is 0.847. The summed E-state index contributed by atoms with van der Waals surface area (Å²) in [4.78, 5) is 21.6. The highest BCUT2D eigenvalue weighted by Crippen LogP contribution is 2.04. The molecule has 0 aliphatic heterocycles. The Kier molecular flexibility index (Phi) is 3.13. The van der Waals surface area contributed by atoms with Gasteiger partial charge in [0.25, 0.3) is 5.91 Å². The van der Waals surface area contributed by atoms with Crippen LogP contribution in [0.1, 0.15) is 22.0 Å². The van der Waals surface area contributed by atoms with E-state index >= 15 is 0 Å². The third kappa shape index (κ3) is 2.66. The fraction of sp³-hybridized carbons (Fsp3) is 0.273. The molecular formula is C11H13N5O. The van der Waals surface area contributed by atoms with Crippen LogP contribution in [0.15, 0.2) is 24.5 Å². The van der Waals surface area contributed by atoms with Crippen LogP contribution in [0.3, 0.4) is 0 Å². The summed E-state index contributed by atoms with van der Waals surface area (Å²) >= 11 is 0. The van der Waals surface area contributed by atoms with Crippen LogP contribution in [0.25, 0.3) is 0 Å². The predicted molar refractivity (Wildman–Crippen MR) is 61.2 cm³/mol. The molecule has 17 heavy (non-hydrogen) atoms. The third-order valence-electron chi connectivity index (χ3n) is 2.31. The summed E-state index contributed by atoms with van der Waals surface area (Å²) in [6, 6.07) is 5.73. The van der Waals surface area contributed by atoms with Crippen molar-refractivity contribution in [1.29, 1.82) is 0 Å². The van der Waals surface area contributed by atoms with Gasteiger partial charge in [-0.2, -0.15) is 5.10 Å². The van der Waals surface area contributed by atoms with Gasteiger partial charge in [-0.3, -0.25) is 14.9 Å². The van der Waals surface area contributed by atoms with Gasteiger partial charge in [0.1, 0.15) is 6.33 Å². The number of nitrogens with one attached hydrogen (secondary N) is 1. The monoisotopic (exact) mass is 231 g/mol. The Balaban J connectivity index is 2.07. The van der Waals surface area contributed by atoms with Crippen molar-refractivity contribution in [2.75, 3.05) is 7.05 Å². The standard InChI is InChI=1S/C11H13N5O/c1-8-4-3-5-9(14-8)6-16(2)11(17)10-12-7-13-15-10/h3-5,7H,6H2,1-2H3,(H,12,13,15). The van der Waals surface area contributed by atoms with Gasteiger partial charge >= 0.3 is 0 Å². The van der Waals surface area contributed by atoms with Crippen molar-refractivity contribution in [3.63, 3.8) is 0 Å². The SMILES string of the molecule is Cc1cccc(CN(C)C(=O)c2ncn[nH]2)n1. The number of aromatic amines is 1. The molecule has 2 rings (SSSR count). The highest BCUT2D eigenvalue weighted by Gasteiger charge is 2.14. The van der Waals surface area contributed by atoms with Crippen LogP contribution in [-0.2, 0) is 6.54 Å². The first-order chi connectivity index (χ1) is 8.16. The minimum absolute atomic E-state index is 0.203. The molecule has 0 saturated carbocycles. The molecule has 0 atom stereocenters. The lowest BCUT2D eigenvalue weighted by molar-refractivity contribution is 0.0771. The minimum Gasteiger partial charge on any atom is -0.333 e. The van der Waals surface area contributed by atoms with Gasteiger partial charge in [0.15, 0.2) is 0 Å². The Morgan fingerprint density at radius 2 is 2.29 bits per heavy atom. The summed E-state index contributed by atoms with van der Waals surface area (Å²) < 4.78 is 0. The molecule has 0 spiro atoms. The highest BCUT2D eigenvalue weighted by atomic mass is 16.2. The van der Waals surface area contributed by atoms with E-state index in [2.05, 4.69) is 20.2 Å². The summed E-state index contributed by atoms with van der Waals surface area (Å²) in [7, 11) is 1.70. The normalized spacial score (nSPS) is 10.2. The molecule has 0 aliphatic rings. The molecule has 6 heteroatoms. The Bertz CT molecular complexity index is 508. The van der Waals surface area contributed by atoms with Crippen LogP contribution in [0.4, 0.5) is 0 Å². The van der Waals surface area contributed by atoms with Gasteiger partial charge in [0.05, 0.1) is 12.2 Å². The first kappa shape index (κ1) is 11.3. The van der Waals surface area contributed by atoms with E-state index in [9.17, 15) is 4.79 Å². The molecule has 0 aromatic carbocycles. The zero-order valence-corrected chi connectivity index (χ0v) is 9.71. The van der Waals surface area contributed by atoms with E-state index in [0.29, 0.717) is 6.54 Å². The van der Waals surface area contributed by atoms with Crippen molar-refractivity contribution in [1.82, 2.24) is 25.1 Å². The fourth-order valence-corrected chi connectivity index (χ4v) is 1.49. The Hall–Kier alpha value is -2.24. The lowest BCUT2D eigenvalue weighted by Crippen LogP contribution is -2.27. The zero-order valence-electron chi connectivity index (χ0n) is 9.71. The van der Waals surface area contributed by atoms with Gasteiger partial charge < -0.3 is 4.90 Å². The lowest BCUT2D eigenvalue weighted by Gasteiger charge is -2.15. The van der Waals surface area contributed by atoms with Gasteiger partial charge in [-0.25, -0.2) is 4.98 Å². The molecule has 88 valence electrons. The summed E-state index contributed by atoms with van der Waals surface area (Å²) in [6.07, 6.45) is 1.31. The van der Waals surface area contributed by atoms with Gasteiger partial charge in [0.2, 0.25) is 5.82 Å². The van der Waals surface area contributed by atoms with Crippen LogP contribution >= 0.6 is 0 Å². The molecule has 0 saturated heterocycles. The smallest absolute Gasteiger partial charge is 0.291 e. The number of aromatic nitrogens is 4. The van der Waals surface area contributed by atoms with Crippen LogP contribution in [-0.4, -0.2) is 38.0 Å². The van der Waals surface area contributed by atoms with Crippen molar-refractivity contribution in [3.8, 4) is 0 Å². The van der Waals surface area contributed by atoms with E-state index in [1.165, 1.54) is 6.33 Å². The molecule has 2 aromatic rings. The summed E-state index contributed by atoms with van der Waals surface area (Å²) in [5.74, 6) is 0.0333. The Morgan fingerprint density at radius 3 is 2.94 bits per heavy atom. The second-order valence-corrected chi connectivity index (χ2v) is 3.77. The maximum absolute atomic E-state index is 11.9. The largest absolute Gasteiger partial charge is 0.333 e. The molecule has 2 aromatic heterocycles. The molecule has 2 heterocycles. The van der Waals surface area contributed by atoms with Gasteiger partial charge in [-0.05, 0) is 19.1 Å². The Morgan fingerprint density at radius 1 is 1.47 bits per heavy atom. The van der Waals surface area contributed by atoms with Gasteiger partial charge in [0, 0.05) is 12.7 Å². The molecule has 0 radical (unpaired) electrons. The zero-order chi connectivity index (χ0) is 12.3. The number of hydrogen-bond donors (Lipinski definition) is 1. The van der Waals surface area contributed by atoms with Crippen molar-refractivity contribution >= 4 is 5.91 Å². The van der Waals surface area contributed by atoms with Crippen LogP contribution < -0.4 is 0 Å². The number of nitrogens with zero attached hydrogens (tertiary/aromatic N) is 4. The molecule has 1 amide bonds. The van der Waals surface area contributed by atoms with E-state index < -0.39 is 0 Å². The summed E-state index contributed by atoms with van der Waals surface area (Å²) in [5, 5.41) is 6.19. The molecule has 0 bridgehead atoms. The molecule has 1 N–H and O–H groups in total. The average molecular weight is 231 g/mol. The second kappa shape index (κ2) is 4.73. The van der Waals surface area contributed by atoms with Crippen molar-refractivity contribution in [3.05, 3.63) is 41.7 Å². The third-order valence-corrected chi connectivity index (χ3v) is 2.31. The molecule has 0 fully saturated rings. The second-order valence-electron chi connectivity index (χ2n) is 3.77. The molecule has 0 aliphatic carbocycles. The maximum Gasteiger partial charge on any atom is 0.291 e. The van der Waals surface area contributed by atoms with Crippen LogP contribution in [0.5, 0.6) is 0 Å². The van der Waals surface area contributed by atoms with E-state index in [1.54, 1.807) is 11.9 Å². The first-order valence-corrected chi connectivity index (χ1v) is 5.20. The number of carbonyl (C=O) groups is 1. The van der Waals surface area contributed by atoms with E-state index in [0.717, 1.165) is 11.4 Å². The van der Waals surface area contributed by atoms with Crippen LogP contribution in [0.2, 0.25) is 0 Å². The number of amides is 1. The number of pyridine rings is 1. The van der Waals surface area contributed by atoms with Crippen molar-refractivity contribution < 1.29 is 4.79 Å². The van der Waals surface area contributed by atoms with Gasteiger partial charge in [-0.15, -0.1) is 0 Å². The number of hydrogen-bond acceptors (Lipinski definition) is 4. The Labute approximate surface area is 98.7 Å². The average Bonchev–Trinajstić information content (AvgIpc) is 2.81. The summed E-state index contributed by atoms with van der Waals surface area (Å²) in [5.41, 5.74) is 1.78. The van der Waals surface area contributed by atoms with Crippen molar-refractivity contribution in [2.24, 2.45) is 0 Å². The predicted octanol–water partition coefficient (Wildman–Crippen LogP) is 0.780. The number of H-pyrrole nitrogens is 1. The number of carbonyl (C=O) groups excluding carboxylic acids is 1. The highest BCUT2D eigenvalue weighted by molar-refractivity contribution is 5.89. The first-order valence-electron chi connectivity index (χ1n) is 5.20. The van der Waals surface area contributed by atoms with Gasteiger partial charge in [-0.1, -0.05) is 6.07 Å². The number of aryl methyl sites for hydroxylation is 1. The van der Waals surface area contributed by atoms with E-state index in [-0.39, 0.29) is 11.7 Å². The van der Waals surface area contributed by atoms with Crippen LogP contribution in [0, 0.1) is 6.92 Å². The molecule has 0 unspecified atom stereocenters. The van der Waals surface area contributed by atoms with E-state index in [4.69, 9.17) is 0 Å². The minimum atomic E-state index is -0.203. The number of rotatable bonds is 3. The molecular weight excluding hydrogens is 218 g/mol. The fourth-order valence-electron chi connectivity index (χ4n) is 1.49. The maximum atomic E-state index is 11.9. The molecule has 6 nitrogen and oxygen atoms in total. The topological polar surface area (TPSA) is 74.8 Å². The summed E-state index contributed by atoms with van der Waals surface area (Å²) in [6.45, 7) is 2.36.